The Hall–Kier alpha value is -3.64. The Labute approximate surface area is 449 Å². The maximum atomic E-state index is 14.6. The first-order valence-corrected chi connectivity index (χ1v) is 27.1. The van der Waals surface area contributed by atoms with Crippen molar-refractivity contribution in [3.63, 3.8) is 0 Å². The molecule has 0 bridgehead atoms. The average Bonchev–Trinajstić information content (AvgIpc) is 3.37. The Balaban J connectivity index is 1.33. The van der Waals surface area contributed by atoms with Crippen LogP contribution >= 0.6 is 0 Å². The first-order chi connectivity index (χ1) is 35.6. The van der Waals surface area contributed by atoms with Crippen LogP contribution in [0.25, 0.3) is 10.9 Å². The summed E-state index contributed by atoms with van der Waals surface area (Å²) in [7, 11) is 10.4. The number of aliphatic hydroxyl groups is 3. The topological polar surface area (TPSA) is 244 Å². The minimum absolute atomic E-state index is 0.0861. The second kappa shape index (κ2) is 26.5. The number of aromatic carboxylic acids is 1. The number of fused-ring (bicyclic) bond motifs is 1. The van der Waals surface area contributed by atoms with Gasteiger partial charge >= 0.3 is 11.9 Å². The second-order valence-electron chi connectivity index (χ2n) is 22.8. The predicted molar refractivity (Wildman–Crippen MR) is 284 cm³/mol. The van der Waals surface area contributed by atoms with Gasteiger partial charge in [-0.1, -0.05) is 33.8 Å². The summed E-state index contributed by atoms with van der Waals surface area (Å²) < 4.78 is 59.6. The van der Waals surface area contributed by atoms with E-state index >= 15 is 0 Å². The molecule has 0 spiro atoms. The molecule has 4 N–H and O–H groups in total. The third-order valence-electron chi connectivity index (χ3n) is 16.4. The van der Waals surface area contributed by atoms with Crippen molar-refractivity contribution in [2.75, 3.05) is 67.2 Å². The van der Waals surface area contributed by atoms with Crippen molar-refractivity contribution in [1.29, 1.82) is 0 Å². The number of ether oxygens (including phenoxy) is 9. The van der Waals surface area contributed by atoms with E-state index in [1.54, 1.807) is 64.7 Å². The Morgan fingerprint density at radius 1 is 0.855 bits per heavy atom. The Morgan fingerprint density at radius 3 is 2.11 bits per heavy atom. The van der Waals surface area contributed by atoms with E-state index in [4.69, 9.17) is 42.6 Å². The minimum atomic E-state index is -2.00. The van der Waals surface area contributed by atoms with E-state index in [-0.39, 0.29) is 42.8 Å². The molecule has 3 saturated heterocycles. The maximum Gasteiger partial charge on any atom is 0.341 e. The number of aliphatic hydroxyl groups excluding tert-OH is 2. The Kier molecular flexibility index (Phi) is 22.1. The number of rotatable bonds is 19. The van der Waals surface area contributed by atoms with Crippen LogP contribution in [-0.2, 0) is 58.6 Å². The third kappa shape index (κ3) is 14.2. The summed E-state index contributed by atoms with van der Waals surface area (Å²) >= 11 is 0. The summed E-state index contributed by atoms with van der Waals surface area (Å²) in [6, 6.07) is 5.19. The number of Topliss-reactive ketones (excluding diaryl/α,β-unsaturated/α-hetero) is 1. The van der Waals surface area contributed by atoms with Crippen LogP contribution in [0, 0.1) is 23.7 Å². The van der Waals surface area contributed by atoms with E-state index in [1.807, 2.05) is 65.7 Å². The molecule has 20 nitrogen and oxygen atoms in total. The fraction of sp³-hybridized carbons (Fsp3) is 0.786. The molecule has 0 aliphatic carbocycles. The van der Waals surface area contributed by atoms with Gasteiger partial charge in [0.05, 0.1) is 53.2 Å². The quantitative estimate of drug-likeness (QED) is 0.110. The molecule has 1 unspecified atom stereocenters. The van der Waals surface area contributed by atoms with E-state index in [1.165, 1.54) is 20.2 Å². The highest BCUT2D eigenvalue weighted by molar-refractivity contribution is 5.93. The summed E-state index contributed by atoms with van der Waals surface area (Å²) in [5, 5.41) is 47.0. The highest BCUT2D eigenvalue weighted by Gasteiger charge is 2.54. The molecule has 0 amide bonds. The number of carboxylic acids is 1. The number of methoxy groups -OCH3 is 2. The van der Waals surface area contributed by atoms with Gasteiger partial charge in [-0.3, -0.25) is 19.1 Å². The minimum Gasteiger partial charge on any atom is -0.477 e. The number of benzene rings is 1. The molecule has 432 valence electrons. The number of nitrogens with zero attached hydrogens (tertiary/aromatic N) is 3. The molecule has 4 heterocycles. The highest BCUT2D eigenvalue weighted by atomic mass is 16.7. The van der Waals surface area contributed by atoms with Crippen molar-refractivity contribution in [2.45, 2.75) is 198 Å². The Morgan fingerprint density at radius 2 is 1.50 bits per heavy atom. The van der Waals surface area contributed by atoms with Gasteiger partial charge in [0.2, 0.25) is 5.43 Å². The molecule has 20 heteroatoms. The molecule has 76 heavy (non-hydrogen) atoms. The number of cyclic esters (lactones) is 1. The van der Waals surface area contributed by atoms with Crippen LogP contribution in [-0.4, -0.2) is 194 Å². The molecule has 18 atom stereocenters. The molecule has 2 aromatic rings. The van der Waals surface area contributed by atoms with Crippen LogP contribution in [0.15, 0.2) is 29.2 Å². The number of ketones is 1. The monoisotopic (exact) mass is 1080 g/mol. The number of carbonyl (C=O) groups excluding carboxylic acids is 2. The molecule has 0 saturated carbocycles. The zero-order valence-corrected chi connectivity index (χ0v) is 48.0. The van der Waals surface area contributed by atoms with E-state index in [9.17, 15) is 39.6 Å². The number of pyridine rings is 1. The summed E-state index contributed by atoms with van der Waals surface area (Å²) in [5.74, 6) is -5.92. The van der Waals surface area contributed by atoms with Crippen molar-refractivity contribution in [1.82, 2.24) is 9.58 Å². The van der Waals surface area contributed by atoms with Crippen molar-refractivity contribution >= 4 is 28.6 Å². The molecule has 3 aliphatic heterocycles. The van der Waals surface area contributed by atoms with Crippen molar-refractivity contribution in [2.24, 2.45) is 23.7 Å². The zero-order chi connectivity index (χ0) is 56.8. The largest absolute Gasteiger partial charge is 0.477 e. The van der Waals surface area contributed by atoms with Gasteiger partial charge in [-0.15, -0.1) is 0 Å². The van der Waals surface area contributed by atoms with Crippen molar-refractivity contribution in [3.05, 3.63) is 45.7 Å². The lowest BCUT2D eigenvalue weighted by Gasteiger charge is -2.50. The summed E-state index contributed by atoms with van der Waals surface area (Å²) in [5.41, 5.74) is -3.56. The van der Waals surface area contributed by atoms with Crippen LogP contribution in [0.3, 0.4) is 0 Å². The molecule has 3 fully saturated rings. The lowest BCUT2D eigenvalue weighted by Crippen LogP contribution is -2.61. The number of likely N-dealkylation sites (N-methyl/N-ethyl adjacent to an activating group) is 1. The van der Waals surface area contributed by atoms with Crippen LogP contribution in [0.1, 0.15) is 124 Å². The van der Waals surface area contributed by atoms with Gasteiger partial charge in [0.25, 0.3) is 0 Å². The summed E-state index contributed by atoms with van der Waals surface area (Å²) in [6.45, 7) is 18.6. The number of hydrogen-bond acceptors (Lipinski definition) is 18. The highest BCUT2D eigenvalue weighted by Crippen LogP contribution is 2.42. The smallest absolute Gasteiger partial charge is 0.341 e. The lowest BCUT2D eigenvalue weighted by atomic mass is 9.74. The SMILES string of the molecule is CC[C@H]1OC(=O)[C@H](C)[C@@H](O[C@H]2C[C@@](C)(OC)[C@@H](OCCCOCCCc3ccc4c(c3)c(=O)c(C(=O)O)cn4N(C)C)[C@H](C)O2)[C@H](C)[C@@H](O[C@@H]2O[C@H](C)C[C@H](N(C)C)[C@H]2O)[C@](C)(OC)C[C@@H](C)C(=O)C(C)[C@@H](O)[C@]1(C)O. The van der Waals surface area contributed by atoms with E-state index in [0.717, 1.165) is 5.56 Å². The number of aromatic nitrogens is 1. The maximum absolute atomic E-state index is 14.6. The van der Waals surface area contributed by atoms with Gasteiger partial charge in [0.15, 0.2) is 12.6 Å². The van der Waals surface area contributed by atoms with E-state index < -0.39 is 113 Å². The fourth-order valence-corrected chi connectivity index (χ4v) is 11.7. The molecular formula is C56H91N3O17. The van der Waals surface area contributed by atoms with Crippen molar-refractivity contribution in [3.8, 4) is 0 Å². The number of carbonyl (C=O) groups is 3. The summed E-state index contributed by atoms with van der Waals surface area (Å²) in [6.07, 6.45) is -5.30. The normalized spacial score (nSPS) is 37.2. The van der Waals surface area contributed by atoms with E-state index in [0.29, 0.717) is 56.4 Å². The molecular weight excluding hydrogens is 987 g/mol. The van der Waals surface area contributed by atoms with Crippen LogP contribution in [0.4, 0.5) is 0 Å². The number of esters is 1. The first kappa shape index (κ1) is 63.2. The van der Waals surface area contributed by atoms with Crippen LogP contribution < -0.4 is 10.4 Å². The van der Waals surface area contributed by atoms with Crippen molar-refractivity contribution < 1.29 is 77.4 Å². The fourth-order valence-electron chi connectivity index (χ4n) is 11.7. The summed E-state index contributed by atoms with van der Waals surface area (Å²) in [4.78, 5) is 55.6. The molecule has 1 aromatic heterocycles. The van der Waals surface area contributed by atoms with Gasteiger partial charge in [-0.25, -0.2) is 4.79 Å². The van der Waals surface area contributed by atoms with Gasteiger partial charge in [0.1, 0.15) is 35.3 Å². The predicted octanol–water partition coefficient (Wildman–Crippen LogP) is 4.71. The molecule has 0 radical (unpaired) electrons. The van der Waals surface area contributed by atoms with Gasteiger partial charge in [-0.05, 0) is 112 Å². The van der Waals surface area contributed by atoms with Crippen LogP contribution in [0.5, 0.6) is 0 Å². The van der Waals surface area contributed by atoms with Gasteiger partial charge < -0.3 is 73.0 Å². The number of carboxylic acid groups (broad SMARTS) is 1. The Bertz CT molecular complexity index is 2310. The van der Waals surface area contributed by atoms with Gasteiger partial charge in [0, 0.05) is 89.9 Å². The van der Waals surface area contributed by atoms with E-state index in [2.05, 4.69) is 0 Å². The first-order valence-electron chi connectivity index (χ1n) is 27.1. The molecule has 3 aliphatic rings. The number of aryl methyl sites for hydroxylation is 1. The third-order valence-corrected chi connectivity index (χ3v) is 16.4. The number of hydrogen-bond donors (Lipinski definition) is 4. The zero-order valence-electron chi connectivity index (χ0n) is 48.0. The van der Waals surface area contributed by atoms with Gasteiger partial charge in [-0.2, -0.15) is 0 Å². The molecule has 1 aromatic carbocycles. The lowest BCUT2D eigenvalue weighted by molar-refractivity contribution is -0.322. The molecule has 5 rings (SSSR count). The average molecular weight is 1080 g/mol. The second-order valence-corrected chi connectivity index (χ2v) is 22.8. The van der Waals surface area contributed by atoms with Crippen LogP contribution in [0.2, 0.25) is 0 Å². The standard InChI is InChI=1S/C56H91N3O17/c1-17-42-56(10,67)48(63)33(4)44(60)31(2)28-54(8,68-15)49(76-53-46(62)41(57(11)12)26-32(3)72-53)34(5)47(35(6)52(66)74-42)75-43-29-55(9,69-16)50(36(7)73-43)71-25-19-24-70-23-18-20-37-21-22-40-38(27-37)45(61)39(51(64)65)30-59(40)58(13)14/h21-22,27,30-36,41-43,46-50,53,62-63,67H,17-20,23-26,28-29H2,1-16H3,(H,64,65)/t31-,32-,33?,34+,35-,36+,41+,42-,43+,46-,47+,48-,49-,50+,53+,54-,55-,56-/m1/s1.